The molecule has 0 spiro atoms. The molecule has 0 aliphatic rings. The Morgan fingerprint density at radius 3 is 1.20 bits per heavy atom. The monoisotopic (exact) mass is 783 g/mol. The van der Waals surface area contributed by atoms with E-state index in [9.17, 15) is 14.4 Å². The second-order valence-corrected chi connectivity index (χ2v) is 15.3. The fourth-order valence-electron chi connectivity index (χ4n) is 6.23. The fourth-order valence-corrected chi connectivity index (χ4v) is 6.23. The molecule has 0 aliphatic heterocycles. The van der Waals surface area contributed by atoms with Crippen molar-refractivity contribution >= 4 is 17.9 Å². The number of carbonyl (C=O) groups is 3. The highest BCUT2D eigenvalue weighted by Crippen LogP contribution is 2.13. The van der Waals surface area contributed by atoms with Crippen molar-refractivity contribution in [1.82, 2.24) is 0 Å². The van der Waals surface area contributed by atoms with Crippen molar-refractivity contribution in [1.29, 1.82) is 0 Å². The first-order valence-corrected chi connectivity index (χ1v) is 23.3. The van der Waals surface area contributed by atoms with Gasteiger partial charge in [0.2, 0.25) is 0 Å². The highest BCUT2D eigenvalue weighted by Gasteiger charge is 2.19. The van der Waals surface area contributed by atoms with Gasteiger partial charge in [-0.2, -0.15) is 0 Å². The molecule has 0 bridgehead atoms. The highest BCUT2D eigenvalue weighted by atomic mass is 16.6. The molecule has 0 aliphatic carbocycles. The Hall–Kier alpha value is -2.89. The second-order valence-electron chi connectivity index (χ2n) is 15.3. The fraction of sp³-hybridized carbons (Fsp3) is 0.740. The van der Waals surface area contributed by atoms with Gasteiger partial charge in [-0.3, -0.25) is 14.4 Å². The van der Waals surface area contributed by atoms with Gasteiger partial charge in [-0.15, -0.1) is 0 Å². The van der Waals surface area contributed by atoms with E-state index in [4.69, 9.17) is 14.2 Å². The molecule has 6 heteroatoms. The van der Waals surface area contributed by atoms with Crippen molar-refractivity contribution in [2.75, 3.05) is 13.2 Å². The van der Waals surface area contributed by atoms with Gasteiger partial charge in [0, 0.05) is 19.3 Å². The van der Waals surface area contributed by atoms with Gasteiger partial charge in [-0.25, -0.2) is 0 Å². The van der Waals surface area contributed by atoms with E-state index in [2.05, 4.69) is 81.5 Å². The molecule has 0 rings (SSSR count). The Labute approximate surface area is 345 Å². The Bertz CT molecular complexity index is 1040. The lowest BCUT2D eigenvalue weighted by Gasteiger charge is -2.18. The van der Waals surface area contributed by atoms with Gasteiger partial charge in [-0.1, -0.05) is 171 Å². The minimum Gasteiger partial charge on any atom is -0.462 e. The van der Waals surface area contributed by atoms with Crippen molar-refractivity contribution < 1.29 is 28.6 Å². The first kappa shape index (κ1) is 53.1. The van der Waals surface area contributed by atoms with Crippen LogP contribution in [0.3, 0.4) is 0 Å². The summed E-state index contributed by atoms with van der Waals surface area (Å²) in [5, 5.41) is 0. The van der Waals surface area contributed by atoms with Crippen molar-refractivity contribution in [3.8, 4) is 0 Å². The van der Waals surface area contributed by atoms with E-state index < -0.39 is 6.10 Å². The molecular weight excluding hydrogens is 697 g/mol. The molecule has 0 radical (unpaired) electrons. The van der Waals surface area contributed by atoms with Crippen LogP contribution >= 0.6 is 0 Å². The van der Waals surface area contributed by atoms with E-state index in [0.29, 0.717) is 25.7 Å². The highest BCUT2D eigenvalue weighted by molar-refractivity contribution is 5.71. The van der Waals surface area contributed by atoms with Gasteiger partial charge in [-0.05, 0) is 89.9 Å². The Balaban J connectivity index is 4.37. The van der Waals surface area contributed by atoms with Crippen LogP contribution in [0, 0.1) is 0 Å². The third-order valence-corrected chi connectivity index (χ3v) is 9.73. The zero-order chi connectivity index (χ0) is 40.8. The predicted octanol–water partition coefficient (Wildman–Crippen LogP) is 14.9. The zero-order valence-electron chi connectivity index (χ0n) is 36.6. The standard InChI is InChI=1S/C50H86O6/c1-4-7-10-13-16-19-21-22-23-24-25-26-27-29-31-34-37-40-43-49(52)55-46-47(45-54-48(51)42-39-36-33-30-18-15-12-9-6-3)56-50(53)44-41-38-35-32-28-20-17-14-11-8-5-2/h8,11,17,20,25-26,30,32-33,35,47H,4-7,9-10,12-16,18-19,21-24,27-29,31,34,36-46H2,1-3H3/b11-8-,20-17-,26-25-,33-30-,35-32-. The number of unbranched alkanes of at least 4 members (excludes halogenated alkanes) is 20. The van der Waals surface area contributed by atoms with Crippen LogP contribution in [0.2, 0.25) is 0 Å². The number of hydrogen-bond donors (Lipinski definition) is 0. The Kier molecular flexibility index (Phi) is 42.5. The minimum absolute atomic E-state index is 0.107. The molecule has 1 unspecified atom stereocenters. The largest absolute Gasteiger partial charge is 0.462 e. The van der Waals surface area contributed by atoms with Crippen LogP contribution in [0.5, 0.6) is 0 Å². The van der Waals surface area contributed by atoms with Crippen molar-refractivity contribution in [3.05, 3.63) is 60.8 Å². The molecule has 0 fully saturated rings. The average molecular weight is 783 g/mol. The predicted molar refractivity (Wildman–Crippen MR) is 238 cm³/mol. The van der Waals surface area contributed by atoms with E-state index in [0.717, 1.165) is 64.2 Å². The molecule has 0 amide bonds. The normalized spacial score (nSPS) is 12.6. The number of allylic oxidation sites excluding steroid dienone is 10. The first-order chi connectivity index (χ1) is 27.5. The summed E-state index contributed by atoms with van der Waals surface area (Å²) in [7, 11) is 0. The smallest absolute Gasteiger partial charge is 0.306 e. The van der Waals surface area contributed by atoms with Crippen LogP contribution in [-0.2, 0) is 28.6 Å². The van der Waals surface area contributed by atoms with E-state index in [-0.39, 0.29) is 37.5 Å². The Morgan fingerprint density at radius 1 is 0.375 bits per heavy atom. The molecule has 0 N–H and O–H groups in total. The van der Waals surface area contributed by atoms with Gasteiger partial charge in [0.1, 0.15) is 13.2 Å². The molecule has 0 aromatic heterocycles. The maximum Gasteiger partial charge on any atom is 0.306 e. The molecule has 6 nitrogen and oxygen atoms in total. The van der Waals surface area contributed by atoms with Crippen LogP contribution in [0.25, 0.3) is 0 Å². The van der Waals surface area contributed by atoms with Crippen LogP contribution < -0.4 is 0 Å². The lowest BCUT2D eigenvalue weighted by Crippen LogP contribution is -2.30. The van der Waals surface area contributed by atoms with Crippen LogP contribution in [0.4, 0.5) is 0 Å². The summed E-state index contributed by atoms with van der Waals surface area (Å²) < 4.78 is 16.6. The molecule has 0 saturated heterocycles. The van der Waals surface area contributed by atoms with Gasteiger partial charge in [0.25, 0.3) is 0 Å². The first-order valence-electron chi connectivity index (χ1n) is 23.3. The molecule has 0 aromatic rings. The average Bonchev–Trinajstić information content (AvgIpc) is 3.19. The molecule has 322 valence electrons. The summed E-state index contributed by atoms with van der Waals surface area (Å²) >= 11 is 0. The third kappa shape index (κ3) is 42.3. The second kappa shape index (κ2) is 44.8. The maximum atomic E-state index is 12.7. The van der Waals surface area contributed by atoms with Gasteiger partial charge in [0.05, 0.1) is 0 Å². The van der Waals surface area contributed by atoms with Gasteiger partial charge in [0.15, 0.2) is 6.10 Å². The maximum absolute atomic E-state index is 12.7. The summed E-state index contributed by atoms with van der Waals surface area (Å²) in [6.07, 6.45) is 53.7. The summed E-state index contributed by atoms with van der Waals surface area (Å²) in [5.41, 5.74) is 0. The molecule has 0 saturated carbocycles. The third-order valence-electron chi connectivity index (χ3n) is 9.73. The van der Waals surface area contributed by atoms with Crippen LogP contribution in [0.15, 0.2) is 60.8 Å². The van der Waals surface area contributed by atoms with E-state index in [1.165, 1.54) is 103 Å². The summed E-state index contributed by atoms with van der Waals surface area (Å²) in [4.78, 5) is 37.6. The summed E-state index contributed by atoms with van der Waals surface area (Å²) in [6.45, 7) is 6.39. The molecule has 0 heterocycles. The van der Waals surface area contributed by atoms with Crippen molar-refractivity contribution in [2.45, 2.75) is 226 Å². The number of carbonyl (C=O) groups excluding carboxylic acids is 3. The SMILES string of the molecule is CC/C=C\C/C=C\C/C=C\CCCC(=O)OC(COC(=O)CCC/C=C\CCCCCC)COC(=O)CCCCCCC/C=C\CCCCCCCCCCC. The van der Waals surface area contributed by atoms with Crippen LogP contribution in [-0.4, -0.2) is 37.2 Å². The quantitative estimate of drug-likeness (QED) is 0.0266. The topological polar surface area (TPSA) is 78.9 Å². The summed E-state index contributed by atoms with van der Waals surface area (Å²) in [6, 6.07) is 0. The number of rotatable bonds is 41. The zero-order valence-corrected chi connectivity index (χ0v) is 36.6. The lowest BCUT2D eigenvalue weighted by atomic mass is 10.1. The number of hydrogen-bond acceptors (Lipinski definition) is 6. The van der Waals surface area contributed by atoms with E-state index in [1.54, 1.807) is 0 Å². The molecule has 0 aromatic carbocycles. The van der Waals surface area contributed by atoms with E-state index >= 15 is 0 Å². The lowest BCUT2D eigenvalue weighted by molar-refractivity contribution is -0.167. The van der Waals surface area contributed by atoms with Crippen LogP contribution in [0.1, 0.15) is 220 Å². The molecule has 1 atom stereocenters. The number of ether oxygens (including phenoxy) is 3. The molecular formula is C50H86O6. The minimum atomic E-state index is -0.811. The molecule has 56 heavy (non-hydrogen) atoms. The summed E-state index contributed by atoms with van der Waals surface area (Å²) in [5.74, 6) is -1.01. The Morgan fingerprint density at radius 2 is 0.714 bits per heavy atom. The van der Waals surface area contributed by atoms with Crippen molar-refractivity contribution in [2.24, 2.45) is 0 Å². The van der Waals surface area contributed by atoms with Crippen molar-refractivity contribution in [3.63, 3.8) is 0 Å². The number of esters is 3. The van der Waals surface area contributed by atoms with Gasteiger partial charge >= 0.3 is 17.9 Å². The van der Waals surface area contributed by atoms with E-state index in [1.807, 2.05) is 0 Å². The van der Waals surface area contributed by atoms with Gasteiger partial charge < -0.3 is 14.2 Å².